The minimum atomic E-state index is -0.478. The Morgan fingerprint density at radius 3 is 2.61 bits per heavy atom. The second-order valence-corrected chi connectivity index (χ2v) is 8.38. The van der Waals surface area contributed by atoms with Crippen LogP contribution in [0.25, 0.3) is 0 Å². The van der Waals surface area contributed by atoms with Gasteiger partial charge in [0.25, 0.3) is 0 Å². The van der Waals surface area contributed by atoms with Crippen molar-refractivity contribution in [1.29, 1.82) is 0 Å². The fourth-order valence-electron chi connectivity index (χ4n) is 4.15. The van der Waals surface area contributed by atoms with E-state index < -0.39 is 6.10 Å². The molecule has 0 amide bonds. The van der Waals surface area contributed by atoms with Crippen molar-refractivity contribution in [3.63, 3.8) is 0 Å². The van der Waals surface area contributed by atoms with Crippen molar-refractivity contribution in [2.24, 2.45) is 0 Å². The number of hydrogen-bond acceptors (Lipinski definition) is 4. The van der Waals surface area contributed by atoms with Crippen LogP contribution in [-0.2, 0) is 12.8 Å². The maximum absolute atomic E-state index is 10.4. The van der Waals surface area contributed by atoms with Crippen molar-refractivity contribution in [2.45, 2.75) is 32.3 Å². The first-order valence-corrected chi connectivity index (χ1v) is 10.6. The molecule has 4 rings (SSSR count). The number of piperazine rings is 1. The molecule has 1 aliphatic heterocycles. The Labute approximate surface area is 172 Å². The van der Waals surface area contributed by atoms with Gasteiger partial charge >= 0.3 is 0 Å². The van der Waals surface area contributed by atoms with Gasteiger partial charge in [0.2, 0.25) is 0 Å². The lowest BCUT2D eigenvalue weighted by molar-refractivity contribution is 0.0663. The minimum Gasteiger partial charge on any atom is -0.491 e. The average molecular weight is 401 g/mol. The first-order chi connectivity index (χ1) is 13.6. The monoisotopic (exact) mass is 400 g/mol. The van der Waals surface area contributed by atoms with Gasteiger partial charge in [0.1, 0.15) is 18.5 Å². The summed E-state index contributed by atoms with van der Waals surface area (Å²) in [7, 11) is 0. The average Bonchev–Trinajstić information content (AvgIpc) is 3.17. The molecular formula is C23H29ClN2O2. The molecule has 1 atom stereocenters. The standard InChI is InChI=1S/C23H29ClN2O2/c1-17-5-7-20(14-23(17)24)26-11-9-25(10-12-26)15-21(27)16-28-22-8-6-18-3-2-4-19(18)13-22/h5-8,13-14,21,27H,2-4,9-12,15-16H2,1H3. The lowest BCUT2D eigenvalue weighted by Gasteiger charge is -2.37. The zero-order valence-corrected chi connectivity index (χ0v) is 17.3. The van der Waals surface area contributed by atoms with Crippen LogP contribution in [0, 0.1) is 6.92 Å². The summed E-state index contributed by atoms with van der Waals surface area (Å²) in [4.78, 5) is 4.66. The van der Waals surface area contributed by atoms with Gasteiger partial charge in [0.05, 0.1) is 0 Å². The van der Waals surface area contributed by atoms with Crippen LogP contribution in [0.15, 0.2) is 36.4 Å². The highest BCUT2D eigenvalue weighted by Crippen LogP contribution is 2.26. The molecule has 1 N–H and O–H groups in total. The number of β-amino-alcohol motifs (C(OH)–C–C–N with tert-alkyl or cyclic N) is 1. The summed E-state index contributed by atoms with van der Waals surface area (Å²) in [5, 5.41) is 11.2. The predicted octanol–water partition coefficient (Wildman–Crippen LogP) is 3.70. The molecule has 0 saturated carbocycles. The SMILES string of the molecule is Cc1ccc(N2CCN(CC(O)COc3ccc4c(c3)CCC4)CC2)cc1Cl. The Bertz CT molecular complexity index is 818. The van der Waals surface area contributed by atoms with Crippen LogP contribution in [0.4, 0.5) is 5.69 Å². The Morgan fingerprint density at radius 1 is 1.04 bits per heavy atom. The molecule has 0 spiro atoms. The number of aryl methyl sites for hydroxylation is 3. The summed E-state index contributed by atoms with van der Waals surface area (Å²) in [5.41, 5.74) is 5.13. The van der Waals surface area contributed by atoms with Crippen molar-refractivity contribution in [2.75, 3.05) is 44.2 Å². The third-order valence-electron chi connectivity index (χ3n) is 5.87. The second-order valence-electron chi connectivity index (χ2n) is 7.97. The van der Waals surface area contributed by atoms with Crippen LogP contribution >= 0.6 is 11.6 Å². The fraction of sp³-hybridized carbons (Fsp3) is 0.478. The highest BCUT2D eigenvalue weighted by Gasteiger charge is 2.20. The molecule has 0 aromatic heterocycles. The van der Waals surface area contributed by atoms with Crippen molar-refractivity contribution in [1.82, 2.24) is 4.90 Å². The van der Waals surface area contributed by atoms with Crippen LogP contribution in [0.2, 0.25) is 5.02 Å². The van der Waals surface area contributed by atoms with Crippen LogP contribution in [-0.4, -0.2) is 55.4 Å². The molecule has 2 aromatic rings. The fourth-order valence-corrected chi connectivity index (χ4v) is 4.32. The van der Waals surface area contributed by atoms with E-state index in [0.29, 0.717) is 13.2 Å². The highest BCUT2D eigenvalue weighted by atomic mass is 35.5. The van der Waals surface area contributed by atoms with Gasteiger partial charge in [-0.1, -0.05) is 23.7 Å². The number of rotatable bonds is 6. The van der Waals surface area contributed by atoms with Crippen molar-refractivity contribution >= 4 is 17.3 Å². The Morgan fingerprint density at radius 2 is 1.82 bits per heavy atom. The van der Waals surface area contributed by atoms with E-state index in [0.717, 1.165) is 48.9 Å². The molecule has 1 aliphatic carbocycles. The van der Waals surface area contributed by atoms with Gasteiger partial charge in [-0.2, -0.15) is 0 Å². The van der Waals surface area contributed by atoms with E-state index in [4.69, 9.17) is 16.3 Å². The Hall–Kier alpha value is -1.75. The van der Waals surface area contributed by atoms with Crippen LogP contribution in [0.5, 0.6) is 5.75 Å². The summed E-state index contributed by atoms with van der Waals surface area (Å²) in [6, 6.07) is 12.6. The summed E-state index contributed by atoms with van der Waals surface area (Å²) in [5.74, 6) is 0.876. The first kappa shape index (κ1) is 19.6. The molecule has 150 valence electrons. The number of anilines is 1. The Kier molecular flexibility index (Phi) is 6.10. The largest absolute Gasteiger partial charge is 0.491 e. The predicted molar refractivity (Wildman–Crippen MR) is 115 cm³/mol. The summed E-state index contributed by atoms with van der Waals surface area (Å²) in [6.45, 7) is 6.76. The number of fused-ring (bicyclic) bond motifs is 1. The smallest absolute Gasteiger partial charge is 0.119 e. The first-order valence-electron chi connectivity index (χ1n) is 10.2. The van der Waals surface area contributed by atoms with Crippen LogP contribution in [0.1, 0.15) is 23.1 Å². The van der Waals surface area contributed by atoms with E-state index in [2.05, 4.69) is 34.1 Å². The van der Waals surface area contributed by atoms with Gasteiger partial charge in [0, 0.05) is 43.4 Å². The quantitative estimate of drug-likeness (QED) is 0.802. The maximum atomic E-state index is 10.4. The van der Waals surface area contributed by atoms with E-state index in [1.54, 1.807) is 0 Å². The lowest BCUT2D eigenvalue weighted by atomic mass is 10.1. The normalized spacial score (nSPS) is 18.2. The molecule has 1 fully saturated rings. The van der Waals surface area contributed by atoms with E-state index in [1.165, 1.54) is 29.7 Å². The molecule has 28 heavy (non-hydrogen) atoms. The number of aliphatic hydroxyl groups excluding tert-OH is 1. The zero-order chi connectivity index (χ0) is 19.5. The summed E-state index contributed by atoms with van der Waals surface area (Å²) >= 11 is 6.26. The molecule has 0 radical (unpaired) electrons. The van der Waals surface area contributed by atoms with Crippen molar-refractivity contribution < 1.29 is 9.84 Å². The third-order valence-corrected chi connectivity index (χ3v) is 6.28. The number of ether oxygens (including phenoxy) is 1. The van der Waals surface area contributed by atoms with Crippen molar-refractivity contribution in [3.05, 3.63) is 58.1 Å². The van der Waals surface area contributed by atoms with Gasteiger partial charge in [-0.3, -0.25) is 4.90 Å². The lowest BCUT2D eigenvalue weighted by Crippen LogP contribution is -2.49. The van der Waals surface area contributed by atoms with Gasteiger partial charge in [-0.15, -0.1) is 0 Å². The summed E-state index contributed by atoms with van der Waals surface area (Å²) in [6.07, 6.45) is 3.08. The molecule has 1 heterocycles. The van der Waals surface area contributed by atoms with E-state index in [1.807, 2.05) is 19.1 Å². The number of nitrogens with zero attached hydrogens (tertiary/aromatic N) is 2. The van der Waals surface area contributed by atoms with Gasteiger partial charge in [-0.05, 0) is 67.1 Å². The zero-order valence-electron chi connectivity index (χ0n) is 16.5. The molecule has 1 saturated heterocycles. The molecule has 2 aromatic carbocycles. The second kappa shape index (κ2) is 8.73. The number of halogens is 1. The van der Waals surface area contributed by atoms with E-state index in [-0.39, 0.29) is 0 Å². The number of benzene rings is 2. The molecular weight excluding hydrogens is 372 g/mol. The number of aliphatic hydroxyl groups is 1. The molecule has 1 unspecified atom stereocenters. The van der Waals surface area contributed by atoms with E-state index in [9.17, 15) is 5.11 Å². The van der Waals surface area contributed by atoms with Gasteiger partial charge < -0.3 is 14.7 Å². The topological polar surface area (TPSA) is 35.9 Å². The van der Waals surface area contributed by atoms with Crippen molar-refractivity contribution in [3.8, 4) is 5.75 Å². The third kappa shape index (κ3) is 4.62. The molecule has 4 nitrogen and oxygen atoms in total. The highest BCUT2D eigenvalue weighted by molar-refractivity contribution is 6.31. The summed E-state index contributed by atoms with van der Waals surface area (Å²) < 4.78 is 5.85. The maximum Gasteiger partial charge on any atom is 0.119 e. The molecule has 2 aliphatic rings. The van der Waals surface area contributed by atoms with E-state index >= 15 is 0 Å². The molecule has 5 heteroatoms. The van der Waals surface area contributed by atoms with Crippen LogP contribution in [0.3, 0.4) is 0 Å². The van der Waals surface area contributed by atoms with Gasteiger partial charge in [0.15, 0.2) is 0 Å². The van der Waals surface area contributed by atoms with Crippen LogP contribution < -0.4 is 9.64 Å². The Balaban J connectivity index is 1.22. The number of hydrogen-bond donors (Lipinski definition) is 1. The molecule has 0 bridgehead atoms. The minimum absolute atomic E-state index is 0.340. The van der Waals surface area contributed by atoms with Gasteiger partial charge in [-0.25, -0.2) is 0 Å².